The third-order valence-corrected chi connectivity index (χ3v) is 2.54. The number of hydrogen-bond acceptors (Lipinski definition) is 4. The van der Waals surface area contributed by atoms with E-state index in [2.05, 4.69) is 6.58 Å². The van der Waals surface area contributed by atoms with E-state index < -0.39 is 15.9 Å². The zero-order valence-corrected chi connectivity index (χ0v) is 8.51. The van der Waals surface area contributed by atoms with E-state index in [4.69, 9.17) is 5.73 Å². The zero-order chi connectivity index (χ0) is 10.5. The maximum Gasteiger partial charge on any atom is 0.153 e. The topological polar surface area (TPSA) is 77.2 Å². The Hall–Kier alpha value is -0.680. The van der Waals surface area contributed by atoms with Gasteiger partial charge in [-0.15, -0.1) is 6.58 Å². The summed E-state index contributed by atoms with van der Waals surface area (Å²) in [7, 11) is -3.03. The largest absolute Gasteiger partial charge is 0.321 e. The van der Waals surface area contributed by atoms with Crippen molar-refractivity contribution in [3.63, 3.8) is 0 Å². The van der Waals surface area contributed by atoms with Crippen LogP contribution in [0.4, 0.5) is 0 Å². The number of carbonyl (C=O) groups excluding carboxylic acids is 1. The van der Waals surface area contributed by atoms with Crippen LogP contribution in [0.3, 0.4) is 0 Å². The predicted octanol–water partition coefficient (Wildman–Crippen LogP) is -0.106. The van der Waals surface area contributed by atoms with Crippen LogP contribution in [0.5, 0.6) is 0 Å². The molecule has 0 aliphatic rings. The summed E-state index contributed by atoms with van der Waals surface area (Å²) in [6.07, 6.45) is 2.97. The normalized spacial score (nSPS) is 13.7. The predicted molar refractivity (Wildman–Crippen MR) is 52.1 cm³/mol. The lowest BCUT2D eigenvalue weighted by Gasteiger charge is -2.07. The molecule has 0 aliphatic carbocycles. The van der Waals surface area contributed by atoms with Crippen molar-refractivity contribution in [3.8, 4) is 0 Å². The molecule has 0 spiro atoms. The van der Waals surface area contributed by atoms with Gasteiger partial charge < -0.3 is 5.73 Å². The standard InChI is InChI=1S/C8H15NO3S/c1-3-4-8(10)7(9)5-6-13(2,11)12/h3,7H,1,4-6,9H2,2H3. The lowest BCUT2D eigenvalue weighted by atomic mass is 10.1. The van der Waals surface area contributed by atoms with E-state index in [9.17, 15) is 13.2 Å². The molecule has 0 saturated carbocycles. The van der Waals surface area contributed by atoms with Crippen LogP contribution in [0.15, 0.2) is 12.7 Å². The molecule has 0 fully saturated rings. The minimum Gasteiger partial charge on any atom is -0.321 e. The molecule has 0 bridgehead atoms. The van der Waals surface area contributed by atoms with Crippen LogP contribution in [0.2, 0.25) is 0 Å². The first-order chi connectivity index (χ1) is 5.87. The van der Waals surface area contributed by atoms with Gasteiger partial charge in [-0.3, -0.25) is 4.79 Å². The molecular formula is C8H15NO3S. The third kappa shape index (κ3) is 6.48. The lowest BCUT2D eigenvalue weighted by molar-refractivity contribution is -0.119. The van der Waals surface area contributed by atoms with E-state index in [1.54, 1.807) is 0 Å². The molecule has 0 aliphatic heterocycles. The molecule has 13 heavy (non-hydrogen) atoms. The SMILES string of the molecule is C=CCC(=O)C(N)CCS(C)(=O)=O. The van der Waals surface area contributed by atoms with Gasteiger partial charge in [-0.2, -0.15) is 0 Å². The maximum absolute atomic E-state index is 11.1. The first kappa shape index (κ1) is 12.3. The smallest absolute Gasteiger partial charge is 0.153 e. The summed E-state index contributed by atoms with van der Waals surface area (Å²) in [5.74, 6) is -0.213. The Bertz CT molecular complexity index is 282. The Balaban J connectivity index is 3.94. The number of sulfone groups is 1. The maximum atomic E-state index is 11.1. The molecule has 0 radical (unpaired) electrons. The molecule has 1 unspecified atom stereocenters. The van der Waals surface area contributed by atoms with Crippen LogP contribution < -0.4 is 5.73 Å². The van der Waals surface area contributed by atoms with Crippen molar-refractivity contribution in [1.82, 2.24) is 0 Å². The lowest BCUT2D eigenvalue weighted by Crippen LogP contribution is -2.32. The summed E-state index contributed by atoms with van der Waals surface area (Å²) in [5, 5.41) is 0. The van der Waals surface area contributed by atoms with Crippen LogP contribution >= 0.6 is 0 Å². The molecule has 0 aromatic rings. The molecule has 5 heteroatoms. The number of ketones is 1. The van der Waals surface area contributed by atoms with Crippen LogP contribution in [-0.2, 0) is 14.6 Å². The van der Waals surface area contributed by atoms with E-state index in [0.29, 0.717) is 0 Å². The van der Waals surface area contributed by atoms with Gasteiger partial charge in [0.2, 0.25) is 0 Å². The summed E-state index contributed by atoms with van der Waals surface area (Å²) in [4.78, 5) is 11.1. The van der Waals surface area contributed by atoms with Crippen LogP contribution in [0.1, 0.15) is 12.8 Å². The van der Waals surface area contributed by atoms with Gasteiger partial charge in [0.25, 0.3) is 0 Å². The monoisotopic (exact) mass is 205 g/mol. The third-order valence-electron chi connectivity index (χ3n) is 1.56. The van der Waals surface area contributed by atoms with Gasteiger partial charge in [0.05, 0.1) is 11.8 Å². The van der Waals surface area contributed by atoms with Gasteiger partial charge in [0.1, 0.15) is 9.84 Å². The van der Waals surface area contributed by atoms with Crippen molar-refractivity contribution >= 4 is 15.6 Å². The van der Waals surface area contributed by atoms with Crippen molar-refractivity contribution in [2.45, 2.75) is 18.9 Å². The van der Waals surface area contributed by atoms with Gasteiger partial charge >= 0.3 is 0 Å². The van der Waals surface area contributed by atoms with E-state index in [1.165, 1.54) is 6.08 Å². The molecule has 0 aromatic carbocycles. The van der Waals surface area contributed by atoms with E-state index in [-0.39, 0.29) is 24.4 Å². The second-order valence-electron chi connectivity index (χ2n) is 2.98. The average molecular weight is 205 g/mol. The fraction of sp³-hybridized carbons (Fsp3) is 0.625. The highest BCUT2D eigenvalue weighted by Gasteiger charge is 2.14. The van der Waals surface area contributed by atoms with Gasteiger partial charge in [-0.25, -0.2) is 8.42 Å². The number of allylic oxidation sites excluding steroid dienone is 1. The van der Waals surface area contributed by atoms with Crippen molar-refractivity contribution in [2.24, 2.45) is 5.73 Å². The van der Waals surface area contributed by atoms with E-state index in [0.717, 1.165) is 6.26 Å². The molecule has 2 N–H and O–H groups in total. The molecule has 76 valence electrons. The van der Waals surface area contributed by atoms with Crippen molar-refractivity contribution in [1.29, 1.82) is 0 Å². The number of carbonyl (C=O) groups is 1. The fourth-order valence-corrected chi connectivity index (χ4v) is 1.48. The van der Waals surface area contributed by atoms with Gasteiger partial charge in [-0.1, -0.05) is 6.08 Å². The molecule has 0 saturated heterocycles. The average Bonchev–Trinajstić information content (AvgIpc) is 1.99. The Labute approximate surface area is 78.7 Å². The highest BCUT2D eigenvalue weighted by molar-refractivity contribution is 7.90. The summed E-state index contributed by atoms with van der Waals surface area (Å²) >= 11 is 0. The first-order valence-corrected chi connectivity index (χ1v) is 6.00. The zero-order valence-electron chi connectivity index (χ0n) is 7.69. The van der Waals surface area contributed by atoms with Crippen LogP contribution in [0, 0.1) is 0 Å². The Morgan fingerprint density at radius 1 is 1.62 bits per heavy atom. The summed E-state index contributed by atoms with van der Waals surface area (Å²) in [6.45, 7) is 3.40. The first-order valence-electron chi connectivity index (χ1n) is 3.93. The molecule has 0 rings (SSSR count). The second kappa shape index (κ2) is 5.14. The fourth-order valence-electron chi connectivity index (χ4n) is 0.796. The molecule has 0 aromatic heterocycles. The van der Waals surface area contributed by atoms with Crippen molar-refractivity contribution < 1.29 is 13.2 Å². The number of nitrogens with two attached hydrogens (primary N) is 1. The molecule has 0 amide bonds. The molecular weight excluding hydrogens is 190 g/mol. The van der Waals surface area contributed by atoms with Crippen LogP contribution in [-0.4, -0.2) is 32.3 Å². The van der Waals surface area contributed by atoms with E-state index >= 15 is 0 Å². The highest BCUT2D eigenvalue weighted by atomic mass is 32.2. The number of Topliss-reactive ketones (excluding diaryl/α,β-unsaturated/α-hetero) is 1. The minimum atomic E-state index is -3.03. The Kier molecular flexibility index (Phi) is 4.87. The molecule has 1 atom stereocenters. The summed E-state index contributed by atoms with van der Waals surface area (Å²) in [5.41, 5.74) is 5.45. The number of rotatable bonds is 6. The van der Waals surface area contributed by atoms with Gasteiger partial charge in [-0.05, 0) is 6.42 Å². The molecule has 4 nitrogen and oxygen atoms in total. The Morgan fingerprint density at radius 3 is 2.54 bits per heavy atom. The van der Waals surface area contributed by atoms with Crippen LogP contribution in [0.25, 0.3) is 0 Å². The van der Waals surface area contributed by atoms with Crippen molar-refractivity contribution in [2.75, 3.05) is 12.0 Å². The minimum absolute atomic E-state index is 0.0446. The second-order valence-corrected chi connectivity index (χ2v) is 5.24. The summed E-state index contributed by atoms with van der Waals surface area (Å²) < 4.78 is 21.5. The molecule has 0 heterocycles. The summed E-state index contributed by atoms with van der Waals surface area (Å²) in [6, 6.07) is -0.687. The highest BCUT2D eigenvalue weighted by Crippen LogP contribution is 1.98. The van der Waals surface area contributed by atoms with E-state index in [1.807, 2.05) is 0 Å². The van der Waals surface area contributed by atoms with Gasteiger partial charge in [0.15, 0.2) is 5.78 Å². The Morgan fingerprint density at radius 2 is 2.15 bits per heavy atom. The van der Waals surface area contributed by atoms with Gasteiger partial charge in [0, 0.05) is 12.7 Å². The van der Waals surface area contributed by atoms with Crippen molar-refractivity contribution in [3.05, 3.63) is 12.7 Å². The number of hydrogen-bond donors (Lipinski definition) is 1. The quantitative estimate of drug-likeness (QED) is 0.614.